The first-order valence-electron chi connectivity index (χ1n) is 8.95. The van der Waals surface area contributed by atoms with E-state index in [1.54, 1.807) is 23.1 Å². The van der Waals surface area contributed by atoms with Crippen LogP contribution in [0, 0.1) is 13.8 Å². The molecular formula is C21H24N2O2S2. The molecular weight excluding hydrogens is 376 g/mol. The molecule has 3 rings (SSSR count). The van der Waals surface area contributed by atoms with Crippen LogP contribution in [0.15, 0.2) is 46.3 Å². The van der Waals surface area contributed by atoms with E-state index in [2.05, 4.69) is 35.5 Å². The molecule has 0 bridgehead atoms. The van der Waals surface area contributed by atoms with Gasteiger partial charge in [0.2, 0.25) is 0 Å². The van der Waals surface area contributed by atoms with E-state index in [0.29, 0.717) is 25.3 Å². The number of carbonyl (C=O) groups is 1. The molecule has 0 N–H and O–H groups in total. The predicted octanol–water partition coefficient (Wildman–Crippen LogP) is 4.82. The minimum atomic E-state index is -0.214. The van der Waals surface area contributed by atoms with Crippen molar-refractivity contribution in [2.24, 2.45) is 4.99 Å². The Labute approximate surface area is 167 Å². The van der Waals surface area contributed by atoms with Crippen LogP contribution in [-0.2, 0) is 11.3 Å². The van der Waals surface area contributed by atoms with Gasteiger partial charge in [-0.2, -0.15) is 4.99 Å². The first kappa shape index (κ1) is 19.9. The lowest BCUT2D eigenvalue weighted by Gasteiger charge is -2.07. The van der Waals surface area contributed by atoms with E-state index in [1.807, 2.05) is 37.4 Å². The first-order valence-corrected chi connectivity index (χ1v) is 11.0. The van der Waals surface area contributed by atoms with Crippen molar-refractivity contribution in [1.29, 1.82) is 0 Å². The molecule has 0 saturated carbocycles. The fourth-order valence-electron chi connectivity index (χ4n) is 3.00. The number of nitrogens with zero attached hydrogens (tertiary/aromatic N) is 2. The van der Waals surface area contributed by atoms with Gasteiger partial charge in [0.25, 0.3) is 5.91 Å². The van der Waals surface area contributed by atoms with E-state index in [1.165, 1.54) is 15.8 Å². The third-order valence-electron chi connectivity index (χ3n) is 4.31. The largest absolute Gasteiger partial charge is 0.380 e. The van der Waals surface area contributed by atoms with Gasteiger partial charge in [0, 0.05) is 23.6 Å². The molecule has 1 aromatic heterocycles. The molecule has 0 aliphatic heterocycles. The molecule has 0 aliphatic rings. The van der Waals surface area contributed by atoms with E-state index in [-0.39, 0.29) is 5.91 Å². The summed E-state index contributed by atoms with van der Waals surface area (Å²) in [4.78, 5) is 19.0. The molecule has 4 nitrogen and oxygen atoms in total. The van der Waals surface area contributed by atoms with Crippen LogP contribution in [0.4, 0.5) is 0 Å². The summed E-state index contributed by atoms with van der Waals surface area (Å²) in [5.41, 5.74) is 4.13. The SMILES string of the molecule is CCOCCn1c(=NC(=O)c2ccc(SC)cc2)sc2c(C)cc(C)cc21. The lowest BCUT2D eigenvalue weighted by Crippen LogP contribution is -2.19. The van der Waals surface area contributed by atoms with Crippen molar-refractivity contribution in [2.45, 2.75) is 32.2 Å². The Bertz CT molecular complexity index is 1020. The Morgan fingerprint density at radius 1 is 1.22 bits per heavy atom. The summed E-state index contributed by atoms with van der Waals surface area (Å²) >= 11 is 3.22. The van der Waals surface area contributed by atoms with Crippen molar-refractivity contribution in [2.75, 3.05) is 19.5 Å². The zero-order chi connectivity index (χ0) is 19.4. The molecule has 6 heteroatoms. The molecule has 27 heavy (non-hydrogen) atoms. The van der Waals surface area contributed by atoms with Crippen LogP contribution >= 0.6 is 23.1 Å². The number of aromatic nitrogens is 1. The van der Waals surface area contributed by atoms with Gasteiger partial charge >= 0.3 is 0 Å². The minimum absolute atomic E-state index is 0.214. The van der Waals surface area contributed by atoms with Crippen LogP contribution < -0.4 is 4.80 Å². The maximum absolute atomic E-state index is 12.7. The van der Waals surface area contributed by atoms with Gasteiger partial charge in [0.05, 0.1) is 16.8 Å². The highest BCUT2D eigenvalue weighted by Crippen LogP contribution is 2.23. The van der Waals surface area contributed by atoms with Gasteiger partial charge in [0.1, 0.15) is 0 Å². The molecule has 0 spiro atoms. The predicted molar refractivity (Wildman–Crippen MR) is 114 cm³/mol. The summed E-state index contributed by atoms with van der Waals surface area (Å²) in [6.07, 6.45) is 2.02. The third kappa shape index (κ3) is 4.51. The lowest BCUT2D eigenvalue weighted by molar-refractivity contribution is 0.0996. The van der Waals surface area contributed by atoms with Crippen LogP contribution in [-0.4, -0.2) is 29.9 Å². The molecule has 142 valence electrons. The van der Waals surface area contributed by atoms with Gasteiger partial charge in [0.15, 0.2) is 4.80 Å². The van der Waals surface area contributed by atoms with E-state index in [9.17, 15) is 4.79 Å². The molecule has 0 saturated heterocycles. The van der Waals surface area contributed by atoms with Crippen molar-refractivity contribution in [1.82, 2.24) is 4.57 Å². The third-order valence-corrected chi connectivity index (χ3v) is 6.28. The number of hydrogen-bond acceptors (Lipinski definition) is 4. The highest BCUT2D eigenvalue weighted by atomic mass is 32.2. The molecule has 0 atom stereocenters. The second kappa shape index (κ2) is 8.87. The standard InChI is InChI=1S/C21H24N2O2S2/c1-5-25-11-10-23-18-13-14(2)12-15(3)19(18)27-21(23)22-20(24)16-6-8-17(26-4)9-7-16/h6-9,12-13H,5,10-11H2,1-4H3. The van der Waals surface area contributed by atoms with Crippen molar-refractivity contribution in [3.8, 4) is 0 Å². The number of ether oxygens (including phenoxy) is 1. The van der Waals surface area contributed by atoms with E-state index in [0.717, 1.165) is 15.2 Å². The maximum Gasteiger partial charge on any atom is 0.279 e. The number of benzene rings is 2. The van der Waals surface area contributed by atoms with E-state index >= 15 is 0 Å². The molecule has 2 aromatic carbocycles. The monoisotopic (exact) mass is 400 g/mol. The smallest absolute Gasteiger partial charge is 0.279 e. The number of amides is 1. The fourth-order valence-corrected chi connectivity index (χ4v) is 4.51. The summed E-state index contributed by atoms with van der Waals surface area (Å²) in [7, 11) is 0. The van der Waals surface area contributed by atoms with E-state index < -0.39 is 0 Å². The first-order chi connectivity index (χ1) is 13.0. The lowest BCUT2D eigenvalue weighted by atomic mass is 10.1. The Kier molecular flexibility index (Phi) is 6.52. The molecule has 0 radical (unpaired) electrons. The number of thiazole rings is 1. The van der Waals surface area contributed by atoms with Crippen LogP contribution in [0.2, 0.25) is 0 Å². The van der Waals surface area contributed by atoms with Crippen LogP contribution in [0.3, 0.4) is 0 Å². The molecule has 0 fully saturated rings. The van der Waals surface area contributed by atoms with Gasteiger partial charge in [-0.15, -0.1) is 11.8 Å². The second-order valence-electron chi connectivity index (χ2n) is 6.31. The van der Waals surface area contributed by atoms with Gasteiger partial charge in [-0.05, 0) is 68.5 Å². The van der Waals surface area contributed by atoms with Crippen molar-refractivity contribution < 1.29 is 9.53 Å². The van der Waals surface area contributed by atoms with Crippen LogP contribution in [0.25, 0.3) is 10.2 Å². The number of rotatable bonds is 6. The van der Waals surface area contributed by atoms with Crippen molar-refractivity contribution in [3.63, 3.8) is 0 Å². The normalized spacial score (nSPS) is 12.1. The highest BCUT2D eigenvalue weighted by molar-refractivity contribution is 7.98. The summed E-state index contributed by atoms with van der Waals surface area (Å²) in [5.74, 6) is -0.214. The van der Waals surface area contributed by atoms with Crippen molar-refractivity contribution >= 4 is 39.2 Å². The zero-order valence-corrected chi connectivity index (χ0v) is 17.7. The highest BCUT2D eigenvalue weighted by Gasteiger charge is 2.11. The second-order valence-corrected chi connectivity index (χ2v) is 8.17. The molecule has 0 aliphatic carbocycles. The summed E-state index contributed by atoms with van der Waals surface area (Å²) < 4.78 is 8.81. The average Bonchev–Trinajstić information content (AvgIpc) is 3.00. The fraction of sp³-hybridized carbons (Fsp3) is 0.333. The van der Waals surface area contributed by atoms with Gasteiger partial charge in [-0.3, -0.25) is 4.79 Å². The van der Waals surface area contributed by atoms with Crippen molar-refractivity contribution in [3.05, 3.63) is 57.9 Å². The van der Waals surface area contributed by atoms with E-state index in [4.69, 9.17) is 4.74 Å². The summed E-state index contributed by atoms with van der Waals surface area (Å²) in [6.45, 7) is 8.12. The minimum Gasteiger partial charge on any atom is -0.380 e. The number of thioether (sulfide) groups is 1. The Balaban J connectivity index is 2.07. The molecule has 1 amide bonds. The number of hydrogen-bond donors (Lipinski definition) is 0. The molecule has 3 aromatic rings. The Morgan fingerprint density at radius 2 is 1.96 bits per heavy atom. The zero-order valence-electron chi connectivity index (χ0n) is 16.1. The van der Waals surface area contributed by atoms with Gasteiger partial charge in [-0.25, -0.2) is 0 Å². The maximum atomic E-state index is 12.7. The van der Waals surface area contributed by atoms with Crippen LogP contribution in [0.5, 0.6) is 0 Å². The summed E-state index contributed by atoms with van der Waals surface area (Å²) in [5, 5.41) is 0. The van der Waals surface area contributed by atoms with Gasteiger partial charge in [-0.1, -0.05) is 17.4 Å². The number of fused-ring (bicyclic) bond motifs is 1. The Morgan fingerprint density at radius 3 is 2.63 bits per heavy atom. The number of aryl methyl sites for hydroxylation is 2. The Hall–Kier alpha value is -1.89. The van der Waals surface area contributed by atoms with Gasteiger partial charge < -0.3 is 9.30 Å². The summed E-state index contributed by atoms with van der Waals surface area (Å²) in [6, 6.07) is 11.9. The molecule has 1 heterocycles. The number of carbonyl (C=O) groups excluding carboxylic acids is 1. The topological polar surface area (TPSA) is 43.6 Å². The average molecular weight is 401 g/mol. The molecule has 0 unspecified atom stereocenters. The van der Waals surface area contributed by atoms with Crippen LogP contribution in [0.1, 0.15) is 28.4 Å². The quantitative estimate of drug-likeness (QED) is 0.440.